The number of nitrogens with zero attached hydrogens (tertiary/aromatic N) is 2. The monoisotopic (exact) mass is 344 g/mol. The predicted octanol–water partition coefficient (Wildman–Crippen LogP) is 3.39. The molecule has 0 saturated carbocycles. The summed E-state index contributed by atoms with van der Waals surface area (Å²) in [5, 5.41) is 1.39. The molecule has 0 aromatic heterocycles. The Balaban J connectivity index is 1.73. The molecule has 0 bridgehead atoms. The molecule has 1 aromatic rings. The van der Waals surface area contributed by atoms with Crippen molar-refractivity contribution in [2.75, 3.05) is 31.2 Å². The molecule has 3 nitrogen and oxygen atoms in total. The zero-order valence-electron chi connectivity index (χ0n) is 14.9. The lowest BCUT2D eigenvalue weighted by Crippen LogP contribution is -2.32. The number of anilines is 1. The van der Waals surface area contributed by atoms with Gasteiger partial charge in [-0.15, -0.1) is 0 Å². The molecule has 0 amide bonds. The molecule has 2 atom stereocenters. The van der Waals surface area contributed by atoms with E-state index in [4.69, 9.17) is 0 Å². The van der Waals surface area contributed by atoms with Crippen molar-refractivity contribution in [3.8, 4) is 0 Å². The Bertz CT molecular complexity index is 608. The first-order chi connectivity index (χ1) is 11.6. The molecule has 2 heterocycles. The van der Waals surface area contributed by atoms with E-state index in [1.165, 1.54) is 42.5 Å². The number of likely N-dealkylation sites (tertiary alicyclic amines) is 1. The van der Waals surface area contributed by atoms with E-state index in [0.29, 0.717) is 0 Å². The lowest BCUT2D eigenvalue weighted by atomic mass is 9.99. The van der Waals surface area contributed by atoms with Crippen LogP contribution in [0.1, 0.15) is 31.7 Å². The third-order valence-corrected chi connectivity index (χ3v) is 6.33. The summed E-state index contributed by atoms with van der Waals surface area (Å²) in [4.78, 5) is 15.9. The zero-order valence-corrected chi connectivity index (χ0v) is 15.9. The van der Waals surface area contributed by atoms with Crippen LogP contribution < -0.4 is 10.2 Å². The molecule has 1 aromatic carbocycles. The summed E-state index contributed by atoms with van der Waals surface area (Å²) in [6, 6.07) is 6.87. The fourth-order valence-corrected chi connectivity index (χ4v) is 4.60. The number of allylic oxidation sites excluding steroid dienone is 1. The van der Waals surface area contributed by atoms with Crippen molar-refractivity contribution in [3.63, 3.8) is 0 Å². The van der Waals surface area contributed by atoms with E-state index in [-0.39, 0.29) is 5.92 Å². The van der Waals surface area contributed by atoms with E-state index in [0.717, 1.165) is 46.0 Å². The number of carbonyl (C=O) groups excluding carboxylic acids is 1. The maximum absolute atomic E-state index is 11.1. The van der Waals surface area contributed by atoms with Crippen LogP contribution in [0, 0.1) is 11.8 Å². The Morgan fingerprint density at radius 3 is 2.71 bits per heavy atom. The third-order valence-electron chi connectivity index (χ3n) is 5.39. The van der Waals surface area contributed by atoms with Crippen LogP contribution in [0.15, 0.2) is 30.5 Å². The minimum Gasteiger partial charge on any atom is -0.344 e. The van der Waals surface area contributed by atoms with Crippen molar-refractivity contribution in [2.45, 2.75) is 32.7 Å². The smallest absolute Gasteiger partial charge is 0.125 e. The number of piperidine rings is 1. The summed E-state index contributed by atoms with van der Waals surface area (Å²) in [5.74, 6) is 0.976. The molecule has 0 radical (unpaired) electrons. The number of rotatable bonds is 5. The molecule has 0 spiro atoms. The second-order valence-electron chi connectivity index (χ2n) is 7.34. The zero-order chi connectivity index (χ0) is 17.1. The number of carbonyl (C=O) groups is 1. The van der Waals surface area contributed by atoms with Crippen LogP contribution in [0.3, 0.4) is 0 Å². The summed E-state index contributed by atoms with van der Waals surface area (Å²) in [6.07, 6.45) is 4.51. The highest BCUT2D eigenvalue weighted by Gasteiger charge is 2.27. The average Bonchev–Trinajstić information content (AvgIpc) is 2.97. The minimum atomic E-state index is 0.0977. The van der Waals surface area contributed by atoms with Crippen LogP contribution in [-0.4, -0.2) is 37.5 Å². The van der Waals surface area contributed by atoms with Gasteiger partial charge in [-0.3, -0.25) is 4.90 Å². The van der Waals surface area contributed by atoms with Gasteiger partial charge in [0.1, 0.15) is 6.29 Å². The van der Waals surface area contributed by atoms with E-state index in [9.17, 15) is 4.79 Å². The molecule has 0 aliphatic carbocycles. The predicted molar refractivity (Wildman–Crippen MR) is 105 cm³/mol. The molecule has 2 aliphatic rings. The Labute approximate surface area is 147 Å². The average molecular weight is 344 g/mol. The van der Waals surface area contributed by atoms with Crippen molar-refractivity contribution in [2.24, 2.45) is 11.8 Å². The van der Waals surface area contributed by atoms with Gasteiger partial charge >= 0.3 is 0 Å². The standard InChI is InChI=1S/C20H29N2OP/c1-15-6-8-21(9-7-15)12-17-4-5-19(20(11-17)24-3)22-13-18(14-23)10-16(22)2/h4-5,11,14-15,18,24H,2,6-10,12-13H2,1,3H3. The highest BCUT2D eigenvalue weighted by Crippen LogP contribution is 2.31. The number of benzene rings is 1. The summed E-state index contributed by atoms with van der Waals surface area (Å²) in [7, 11) is 0.753. The largest absolute Gasteiger partial charge is 0.344 e. The Morgan fingerprint density at radius 1 is 1.33 bits per heavy atom. The lowest BCUT2D eigenvalue weighted by molar-refractivity contribution is -0.110. The van der Waals surface area contributed by atoms with E-state index in [2.05, 4.69) is 48.2 Å². The van der Waals surface area contributed by atoms with E-state index in [1.54, 1.807) is 0 Å². The topological polar surface area (TPSA) is 23.6 Å². The molecule has 2 fully saturated rings. The fraction of sp³-hybridized carbons (Fsp3) is 0.550. The van der Waals surface area contributed by atoms with Gasteiger partial charge in [0.2, 0.25) is 0 Å². The Hall–Kier alpha value is -1.18. The highest BCUT2D eigenvalue weighted by molar-refractivity contribution is 7.46. The number of aldehydes is 1. The molecule has 2 aliphatic heterocycles. The molecule has 24 heavy (non-hydrogen) atoms. The number of hydrogen-bond donors (Lipinski definition) is 0. The van der Waals surface area contributed by atoms with Crippen LogP contribution in [-0.2, 0) is 11.3 Å². The summed E-state index contributed by atoms with van der Waals surface area (Å²) >= 11 is 0. The lowest BCUT2D eigenvalue weighted by Gasteiger charge is -2.30. The fourth-order valence-electron chi connectivity index (χ4n) is 3.80. The van der Waals surface area contributed by atoms with Crippen LogP contribution >= 0.6 is 8.58 Å². The normalized spacial score (nSPS) is 23.5. The van der Waals surface area contributed by atoms with Crippen LogP contribution in [0.25, 0.3) is 0 Å². The van der Waals surface area contributed by atoms with Gasteiger partial charge in [-0.25, -0.2) is 0 Å². The van der Waals surface area contributed by atoms with Crippen molar-refractivity contribution >= 4 is 25.9 Å². The highest BCUT2D eigenvalue weighted by atomic mass is 31.1. The van der Waals surface area contributed by atoms with E-state index in [1.807, 2.05) is 0 Å². The Morgan fingerprint density at radius 2 is 2.08 bits per heavy atom. The maximum Gasteiger partial charge on any atom is 0.125 e. The molecular formula is C20H29N2OP. The van der Waals surface area contributed by atoms with Crippen molar-refractivity contribution in [1.29, 1.82) is 0 Å². The molecule has 130 valence electrons. The van der Waals surface area contributed by atoms with Gasteiger partial charge in [-0.2, -0.15) is 0 Å². The first kappa shape index (κ1) is 17.6. The molecule has 2 unspecified atom stereocenters. The van der Waals surface area contributed by atoms with Crippen molar-refractivity contribution < 1.29 is 4.79 Å². The van der Waals surface area contributed by atoms with E-state index >= 15 is 0 Å². The SMILES string of the molecule is C=C1CC(C=O)CN1c1ccc(CN2CCC(C)CC2)cc1PC. The maximum atomic E-state index is 11.1. The van der Waals surface area contributed by atoms with Gasteiger partial charge in [0.25, 0.3) is 0 Å². The summed E-state index contributed by atoms with van der Waals surface area (Å²) in [5.41, 5.74) is 3.74. The molecular weight excluding hydrogens is 315 g/mol. The third kappa shape index (κ3) is 3.90. The first-order valence-electron chi connectivity index (χ1n) is 9.04. The van der Waals surface area contributed by atoms with Crippen LogP contribution in [0.4, 0.5) is 5.69 Å². The second kappa shape index (κ2) is 7.80. The summed E-state index contributed by atoms with van der Waals surface area (Å²) in [6.45, 7) is 13.0. The minimum absolute atomic E-state index is 0.0977. The van der Waals surface area contributed by atoms with E-state index < -0.39 is 0 Å². The summed E-state index contributed by atoms with van der Waals surface area (Å²) < 4.78 is 0. The second-order valence-corrected chi connectivity index (χ2v) is 8.38. The first-order valence-corrected chi connectivity index (χ1v) is 10.5. The van der Waals surface area contributed by atoms with Gasteiger partial charge < -0.3 is 9.69 Å². The van der Waals surface area contributed by atoms with Crippen molar-refractivity contribution in [1.82, 2.24) is 4.90 Å². The molecule has 3 rings (SSSR count). The molecule has 4 heteroatoms. The van der Waals surface area contributed by atoms with Gasteiger partial charge in [0, 0.05) is 30.4 Å². The van der Waals surface area contributed by atoms with Crippen LogP contribution in [0.5, 0.6) is 0 Å². The van der Waals surface area contributed by atoms with Crippen molar-refractivity contribution in [3.05, 3.63) is 36.0 Å². The Kier molecular flexibility index (Phi) is 5.73. The molecule has 0 N–H and O–H groups in total. The van der Waals surface area contributed by atoms with Gasteiger partial charge in [0.05, 0.1) is 0 Å². The van der Waals surface area contributed by atoms with Gasteiger partial charge in [0.15, 0.2) is 0 Å². The van der Waals surface area contributed by atoms with Gasteiger partial charge in [-0.1, -0.05) is 28.1 Å². The van der Waals surface area contributed by atoms with Gasteiger partial charge in [-0.05, 0) is 67.9 Å². The molecule has 2 saturated heterocycles. The quantitative estimate of drug-likeness (QED) is 0.604. The number of hydrogen-bond acceptors (Lipinski definition) is 3. The van der Waals surface area contributed by atoms with Crippen LogP contribution in [0.2, 0.25) is 0 Å².